The van der Waals surface area contributed by atoms with E-state index in [0.717, 1.165) is 16.7 Å². The van der Waals surface area contributed by atoms with Crippen LogP contribution in [0.1, 0.15) is 17.0 Å². The molecule has 0 saturated heterocycles. The van der Waals surface area contributed by atoms with E-state index in [1.54, 1.807) is 24.3 Å². The van der Waals surface area contributed by atoms with Crippen molar-refractivity contribution in [2.45, 2.75) is 24.4 Å². The number of methoxy groups -OCH3 is 2. The van der Waals surface area contributed by atoms with Crippen molar-refractivity contribution in [2.24, 2.45) is 0 Å². The molecule has 4 aromatic rings. The number of hydrogen-bond acceptors (Lipinski definition) is 6. The molecule has 0 aliphatic carbocycles. The van der Waals surface area contributed by atoms with E-state index in [0.29, 0.717) is 23.4 Å². The van der Waals surface area contributed by atoms with Gasteiger partial charge in [0.1, 0.15) is 5.82 Å². The number of rotatable bonds is 6. The zero-order valence-electron chi connectivity index (χ0n) is 20.4. The third-order valence-corrected chi connectivity index (χ3v) is 6.15. The molecular formula is C26H21F6N3O4. The number of anilines is 1. The van der Waals surface area contributed by atoms with Gasteiger partial charge in [-0.1, -0.05) is 24.3 Å². The largest absolute Gasteiger partial charge is 0.493 e. The normalized spacial score (nSPS) is 12.5. The van der Waals surface area contributed by atoms with Crippen molar-refractivity contribution in [1.29, 1.82) is 0 Å². The summed E-state index contributed by atoms with van der Waals surface area (Å²) in [5.74, 6) is 0.618. The van der Waals surface area contributed by atoms with Gasteiger partial charge < -0.3 is 20.3 Å². The molecule has 0 saturated carbocycles. The van der Waals surface area contributed by atoms with Gasteiger partial charge in [0.2, 0.25) is 0 Å². The molecule has 0 bridgehead atoms. The first-order valence-electron chi connectivity index (χ1n) is 11.2. The Bertz CT molecular complexity index is 1550. The summed E-state index contributed by atoms with van der Waals surface area (Å²) in [6, 6.07) is 12.1. The minimum absolute atomic E-state index is 0.0522. The van der Waals surface area contributed by atoms with Crippen LogP contribution in [-0.2, 0) is 12.0 Å². The third kappa shape index (κ3) is 4.85. The highest BCUT2D eigenvalue weighted by Gasteiger charge is 2.71. The second-order valence-corrected chi connectivity index (χ2v) is 8.56. The van der Waals surface area contributed by atoms with E-state index < -0.39 is 29.1 Å². The molecule has 3 N–H and O–H groups in total. The Labute approximate surface area is 217 Å². The molecule has 0 amide bonds. The zero-order chi connectivity index (χ0) is 28.8. The van der Waals surface area contributed by atoms with Gasteiger partial charge in [0.05, 0.1) is 30.8 Å². The lowest BCUT2D eigenvalue weighted by Gasteiger charge is -2.32. The molecule has 7 nitrogen and oxygen atoms in total. The van der Waals surface area contributed by atoms with Crippen molar-refractivity contribution >= 4 is 16.6 Å². The molecule has 0 unspecified atom stereocenters. The molecule has 0 spiro atoms. The van der Waals surface area contributed by atoms with E-state index in [2.05, 4.69) is 4.98 Å². The maximum atomic E-state index is 13.7. The average Bonchev–Trinajstić information content (AvgIpc) is 2.88. The molecule has 0 aliphatic heterocycles. The van der Waals surface area contributed by atoms with E-state index in [-0.39, 0.29) is 40.3 Å². The van der Waals surface area contributed by atoms with Gasteiger partial charge in [-0.3, -0.25) is 9.36 Å². The first kappa shape index (κ1) is 27.8. The fourth-order valence-electron chi connectivity index (χ4n) is 4.10. The van der Waals surface area contributed by atoms with Crippen LogP contribution >= 0.6 is 0 Å². The van der Waals surface area contributed by atoms with E-state index in [4.69, 9.17) is 15.2 Å². The Hall–Kier alpha value is -4.26. The molecule has 1 heterocycles. The Morgan fingerprint density at radius 3 is 1.92 bits per heavy atom. The van der Waals surface area contributed by atoms with Crippen molar-refractivity contribution in [2.75, 3.05) is 20.0 Å². The number of ether oxygens (including phenoxy) is 2. The van der Waals surface area contributed by atoms with Crippen LogP contribution in [0.3, 0.4) is 0 Å². The van der Waals surface area contributed by atoms with Gasteiger partial charge in [-0.15, -0.1) is 0 Å². The van der Waals surface area contributed by atoms with Crippen LogP contribution in [0.15, 0.2) is 65.5 Å². The van der Waals surface area contributed by atoms with Gasteiger partial charge in [-0.25, -0.2) is 4.98 Å². The highest BCUT2D eigenvalue weighted by atomic mass is 19.4. The lowest BCUT2D eigenvalue weighted by Crippen LogP contribution is -2.53. The van der Waals surface area contributed by atoms with Crippen molar-refractivity contribution in [3.8, 4) is 17.2 Å². The summed E-state index contributed by atoms with van der Waals surface area (Å²) in [6.45, 7) is 0. The first-order chi connectivity index (χ1) is 18.2. The summed E-state index contributed by atoms with van der Waals surface area (Å²) in [4.78, 5) is 18.2. The molecule has 206 valence electrons. The van der Waals surface area contributed by atoms with Crippen molar-refractivity contribution in [3.63, 3.8) is 0 Å². The number of halogens is 6. The smallest absolute Gasteiger partial charge is 0.430 e. The molecule has 0 aliphatic rings. The molecule has 0 atom stereocenters. The molecule has 3 aromatic carbocycles. The molecule has 1 aromatic heterocycles. The maximum absolute atomic E-state index is 13.7. The Morgan fingerprint density at radius 2 is 1.41 bits per heavy atom. The van der Waals surface area contributed by atoms with Crippen LogP contribution in [0.2, 0.25) is 0 Å². The lowest BCUT2D eigenvalue weighted by atomic mass is 9.92. The zero-order valence-corrected chi connectivity index (χ0v) is 20.4. The predicted molar refractivity (Wildman–Crippen MR) is 130 cm³/mol. The standard InChI is InChI=1S/C26H21F6N3O4/c1-38-20-12-18-19(13-21(20)39-2)34-22(11-14-3-7-16(33)8-4-14)35(23(18)36)17-9-5-15(6-10-17)24(37,25(27,28)29)26(30,31)32/h3-10,12-13,37H,11,33H2,1-2H3. The van der Waals surface area contributed by atoms with Gasteiger partial charge in [-0.05, 0) is 35.9 Å². The summed E-state index contributed by atoms with van der Waals surface area (Å²) in [7, 11) is 2.75. The van der Waals surface area contributed by atoms with E-state index in [1.165, 1.54) is 26.4 Å². The average molecular weight is 553 g/mol. The number of benzene rings is 3. The van der Waals surface area contributed by atoms with E-state index in [9.17, 15) is 36.2 Å². The molecule has 0 radical (unpaired) electrons. The number of fused-ring (bicyclic) bond motifs is 1. The van der Waals surface area contributed by atoms with Crippen LogP contribution in [-0.4, -0.2) is 41.2 Å². The van der Waals surface area contributed by atoms with Crippen LogP contribution < -0.4 is 20.8 Å². The van der Waals surface area contributed by atoms with E-state index >= 15 is 0 Å². The minimum Gasteiger partial charge on any atom is -0.493 e. The number of aliphatic hydroxyl groups is 1. The van der Waals surface area contributed by atoms with Gasteiger partial charge in [0.25, 0.3) is 11.2 Å². The Kier molecular flexibility index (Phi) is 6.98. The lowest BCUT2D eigenvalue weighted by molar-refractivity contribution is -0.376. The predicted octanol–water partition coefficient (Wildman–Crippen LogP) is 4.89. The molecular weight excluding hydrogens is 532 g/mol. The number of aromatic nitrogens is 2. The maximum Gasteiger partial charge on any atom is 0.430 e. The van der Waals surface area contributed by atoms with E-state index in [1.807, 2.05) is 0 Å². The number of nitrogen functional groups attached to an aromatic ring is 1. The topological polar surface area (TPSA) is 99.6 Å². The van der Waals surface area contributed by atoms with Gasteiger partial charge in [0.15, 0.2) is 11.5 Å². The fourth-order valence-corrected chi connectivity index (χ4v) is 4.10. The van der Waals surface area contributed by atoms with Crippen molar-refractivity contribution < 1.29 is 40.9 Å². The first-order valence-corrected chi connectivity index (χ1v) is 11.2. The summed E-state index contributed by atoms with van der Waals surface area (Å²) in [5, 5.41) is 9.78. The summed E-state index contributed by atoms with van der Waals surface area (Å²) in [6.07, 6.45) is -12.1. The van der Waals surface area contributed by atoms with Gasteiger partial charge >= 0.3 is 12.4 Å². The number of alkyl halides is 6. The minimum atomic E-state index is -6.05. The van der Waals surface area contributed by atoms with Crippen LogP contribution in [0, 0.1) is 0 Å². The second-order valence-electron chi connectivity index (χ2n) is 8.56. The van der Waals surface area contributed by atoms with Crippen LogP contribution in [0.5, 0.6) is 11.5 Å². The van der Waals surface area contributed by atoms with Crippen molar-refractivity contribution in [1.82, 2.24) is 9.55 Å². The molecule has 4 rings (SSSR count). The van der Waals surface area contributed by atoms with Crippen LogP contribution in [0.25, 0.3) is 16.6 Å². The number of hydrogen-bond donors (Lipinski definition) is 2. The van der Waals surface area contributed by atoms with Gasteiger partial charge in [-0.2, -0.15) is 26.3 Å². The molecule has 13 heteroatoms. The highest BCUT2D eigenvalue weighted by Crippen LogP contribution is 2.50. The fraction of sp³-hybridized carbons (Fsp3) is 0.231. The summed E-state index contributed by atoms with van der Waals surface area (Å²) >= 11 is 0. The number of nitrogens with zero attached hydrogens (tertiary/aromatic N) is 2. The SMILES string of the molecule is COc1cc2nc(Cc3ccc(N)cc3)n(-c3ccc(C(O)(C(F)(F)F)C(F)(F)F)cc3)c(=O)c2cc1OC. The highest BCUT2D eigenvalue weighted by molar-refractivity contribution is 5.82. The quantitative estimate of drug-likeness (QED) is 0.261. The molecule has 39 heavy (non-hydrogen) atoms. The summed E-state index contributed by atoms with van der Waals surface area (Å²) in [5.41, 5.74) is -0.204. The third-order valence-electron chi connectivity index (χ3n) is 6.15. The number of nitrogens with two attached hydrogens (primary N) is 1. The Morgan fingerprint density at radius 1 is 0.872 bits per heavy atom. The second kappa shape index (κ2) is 9.80. The Balaban J connectivity index is 1.95. The molecule has 0 fully saturated rings. The van der Waals surface area contributed by atoms with Crippen LogP contribution in [0.4, 0.5) is 32.0 Å². The van der Waals surface area contributed by atoms with Gasteiger partial charge in [0, 0.05) is 23.7 Å². The monoisotopic (exact) mass is 553 g/mol. The van der Waals surface area contributed by atoms with Crippen molar-refractivity contribution in [3.05, 3.63) is 88.0 Å². The summed E-state index contributed by atoms with van der Waals surface area (Å²) < 4.78 is 91.7.